The van der Waals surface area contributed by atoms with Crippen LogP contribution in [0.5, 0.6) is 0 Å². The van der Waals surface area contributed by atoms with Gasteiger partial charge in [-0.2, -0.15) is 0 Å². The average molecular weight is 926 g/mol. The third-order valence-electron chi connectivity index (χ3n) is 15.2. The number of benzene rings is 13. The average Bonchev–Trinajstić information content (AvgIpc) is 3.80. The molecule has 0 saturated carbocycles. The van der Waals surface area contributed by atoms with E-state index in [4.69, 9.17) is 9.97 Å². The summed E-state index contributed by atoms with van der Waals surface area (Å²) >= 11 is 0. The number of rotatable bonds is 6. The first-order valence-electron chi connectivity index (χ1n) is 25.1. The highest BCUT2D eigenvalue weighted by atomic mass is 15.0. The Morgan fingerprint density at radius 1 is 0.247 bits per heavy atom. The number of hydrogen-bond acceptors (Lipinski definition) is 2. The molecule has 2 heterocycles. The summed E-state index contributed by atoms with van der Waals surface area (Å²) in [7, 11) is 0. The SMILES string of the molecule is c1ccc(-n2c3ccccc3c3cc(-c4ccc(-c5ccc(-c6ccc(-c7cccc(-c8cnc9c%10ccccc%10c%10ccccc%10c9n8)c7)c7ccccc67)c6ccccc56)c5ccccc45)ccc32)cc1. The highest BCUT2D eigenvalue weighted by Crippen LogP contribution is 2.45. The molecule has 0 amide bonds. The first-order chi connectivity index (χ1) is 36.2. The minimum Gasteiger partial charge on any atom is -0.309 e. The molecule has 15 rings (SSSR count). The van der Waals surface area contributed by atoms with Gasteiger partial charge in [0.2, 0.25) is 0 Å². The van der Waals surface area contributed by atoms with Gasteiger partial charge in [-0.1, -0.05) is 218 Å². The van der Waals surface area contributed by atoms with E-state index in [1.807, 2.05) is 6.20 Å². The first-order valence-corrected chi connectivity index (χ1v) is 25.1. The molecule has 0 radical (unpaired) electrons. The number of nitrogens with zero attached hydrogens (tertiary/aromatic N) is 3. The Morgan fingerprint density at radius 2 is 0.658 bits per heavy atom. The van der Waals surface area contributed by atoms with Gasteiger partial charge in [-0.15, -0.1) is 0 Å². The van der Waals surface area contributed by atoms with Gasteiger partial charge >= 0.3 is 0 Å². The number of aromatic nitrogens is 3. The molecule has 3 nitrogen and oxygen atoms in total. The third kappa shape index (κ3) is 6.46. The van der Waals surface area contributed by atoms with Crippen molar-refractivity contribution in [3.63, 3.8) is 0 Å². The van der Waals surface area contributed by atoms with E-state index in [9.17, 15) is 0 Å². The highest BCUT2D eigenvalue weighted by Gasteiger charge is 2.19. The summed E-state index contributed by atoms with van der Waals surface area (Å²) < 4.78 is 2.38. The Kier molecular flexibility index (Phi) is 9.26. The molecule has 73 heavy (non-hydrogen) atoms. The first kappa shape index (κ1) is 41.1. The summed E-state index contributed by atoms with van der Waals surface area (Å²) in [5, 5.41) is 14.5. The van der Waals surface area contributed by atoms with Crippen LogP contribution >= 0.6 is 0 Å². The normalized spacial score (nSPS) is 11.8. The van der Waals surface area contributed by atoms with Crippen LogP contribution in [0.4, 0.5) is 0 Å². The van der Waals surface area contributed by atoms with Crippen molar-refractivity contribution in [3.05, 3.63) is 261 Å². The lowest BCUT2D eigenvalue weighted by molar-refractivity contribution is 1.18. The summed E-state index contributed by atoms with van der Waals surface area (Å²) in [6, 6.07) is 92.9. The minimum absolute atomic E-state index is 0.856. The zero-order chi connectivity index (χ0) is 48.0. The Morgan fingerprint density at radius 3 is 1.22 bits per heavy atom. The van der Waals surface area contributed by atoms with Gasteiger partial charge in [-0.25, -0.2) is 4.98 Å². The summed E-state index contributed by atoms with van der Waals surface area (Å²) in [5.41, 5.74) is 16.9. The van der Waals surface area contributed by atoms with Crippen molar-refractivity contribution in [1.29, 1.82) is 0 Å². The lowest BCUT2D eigenvalue weighted by atomic mass is 9.86. The molecule has 0 saturated heterocycles. The highest BCUT2D eigenvalue weighted by molar-refractivity contribution is 6.23. The molecule has 0 unspecified atom stereocenters. The Balaban J connectivity index is 0.823. The number of para-hydroxylation sites is 2. The lowest BCUT2D eigenvalue weighted by Crippen LogP contribution is -1.93. The molecule has 0 atom stereocenters. The molecule has 338 valence electrons. The molecule has 3 heteroatoms. The molecule has 0 aliphatic heterocycles. The Labute approximate surface area is 421 Å². The summed E-state index contributed by atoms with van der Waals surface area (Å²) in [4.78, 5) is 10.4. The minimum atomic E-state index is 0.856. The van der Waals surface area contributed by atoms with Gasteiger partial charge in [-0.05, 0) is 124 Å². The van der Waals surface area contributed by atoms with Crippen molar-refractivity contribution in [1.82, 2.24) is 14.5 Å². The smallest absolute Gasteiger partial charge is 0.0979 e. The van der Waals surface area contributed by atoms with Crippen molar-refractivity contribution in [2.45, 2.75) is 0 Å². The quantitative estimate of drug-likeness (QED) is 0.156. The molecule has 0 spiro atoms. The molecule has 0 aliphatic rings. The van der Waals surface area contributed by atoms with E-state index < -0.39 is 0 Å². The maximum Gasteiger partial charge on any atom is 0.0979 e. The van der Waals surface area contributed by atoms with Crippen LogP contribution in [0.1, 0.15) is 0 Å². The summed E-state index contributed by atoms with van der Waals surface area (Å²) in [6.45, 7) is 0. The molecule has 0 bridgehead atoms. The maximum atomic E-state index is 5.33. The van der Waals surface area contributed by atoms with Crippen molar-refractivity contribution < 1.29 is 0 Å². The zero-order valence-electron chi connectivity index (χ0n) is 39.7. The van der Waals surface area contributed by atoms with Crippen molar-refractivity contribution in [3.8, 4) is 61.5 Å². The van der Waals surface area contributed by atoms with Gasteiger partial charge in [0, 0.05) is 32.8 Å². The molecular weight excluding hydrogens is 883 g/mol. The zero-order valence-corrected chi connectivity index (χ0v) is 39.7. The van der Waals surface area contributed by atoms with E-state index in [1.54, 1.807) is 0 Å². The van der Waals surface area contributed by atoms with Crippen molar-refractivity contribution in [2.75, 3.05) is 0 Å². The van der Waals surface area contributed by atoms with E-state index in [0.29, 0.717) is 0 Å². The molecule has 2 aromatic heterocycles. The monoisotopic (exact) mass is 925 g/mol. The molecule has 0 fully saturated rings. The maximum absolute atomic E-state index is 5.33. The molecule has 0 N–H and O–H groups in total. The van der Waals surface area contributed by atoms with E-state index >= 15 is 0 Å². The fraction of sp³-hybridized carbons (Fsp3) is 0. The second-order valence-electron chi connectivity index (χ2n) is 19.2. The van der Waals surface area contributed by atoms with Crippen LogP contribution in [-0.4, -0.2) is 14.5 Å². The second kappa shape index (κ2) is 16.4. The van der Waals surface area contributed by atoms with Crippen LogP contribution in [0, 0.1) is 0 Å². The third-order valence-corrected chi connectivity index (χ3v) is 15.2. The standard InChI is InChI=1S/C70H43N3/c1-2-19-47(20-3-1)73-67-32-15-14-29-62(67)65-42-45(33-40-68(65)73)49-35-37-59(53-24-7-5-22-51(49)53)61-39-38-60(54-25-8-9-26-55(54)61)58-36-34-48(50-21-4-6-23-52(50)58)44-17-16-18-46(41-44)66-43-71-69-63-30-12-10-27-56(63)57-28-11-13-31-64(57)70(69)72-66/h1-43H. The van der Waals surface area contributed by atoms with Gasteiger partial charge in [-0.3, -0.25) is 4.98 Å². The Hall–Kier alpha value is -9.70. The van der Waals surface area contributed by atoms with Crippen LogP contribution in [-0.2, 0) is 0 Å². The van der Waals surface area contributed by atoms with Gasteiger partial charge in [0.25, 0.3) is 0 Å². The van der Waals surface area contributed by atoms with Gasteiger partial charge < -0.3 is 4.57 Å². The predicted octanol–water partition coefficient (Wildman–Crippen LogP) is 18.8. The van der Waals surface area contributed by atoms with Gasteiger partial charge in [0.1, 0.15) is 0 Å². The van der Waals surface area contributed by atoms with Crippen molar-refractivity contribution in [2.24, 2.45) is 0 Å². The summed E-state index contributed by atoms with van der Waals surface area (Å²) in [6.07, 6.45) is 1.93. The largest absolute Gasteiger partial charge is 0.309 e. The van der Waals surface area contributed by atoms with Gasteiger partial charge in [0.15, 0.2) is 0 Å². The fourth-order valence-electron chi connectivity index (χ4n) is 11.9. The summed E-state index contributed by atoms with van der Waals surface area (Å²) in [5.74, 6) is 0. The van der Waals surface area contributed by atoms with Crippen LogP contribution in [0.3, 0.4) is 0 Å². The van der Waals surface area contributed by atoms with Crippen molar-refractivity contribution >= 4 is 86.7 Å². The Bertz CT molecular complexity index is 4700. The van der Waals surface area contributed by atoms with Gasteiger partial charge in [0.05, 0.1) is 34.0 Å². The van der Waals surface area contributed by atoms with Crippen LogP contribution in [0.2, 0.25) is 0 Å². The fourth-order valence-corrected chi connectivity index (χ4v) is 11.9. The van der Waals surface area contributed by atoms with Crippen LogP contribution in [0.25, 0.3) is 148 Å². The van der Waals surface area contributed by atoms with Crippen LogP contribution < -0.4 is 0 Å². The topological polar surface area (TPSA) is 30.7 Å². The predicted molar refractivity (Wildman–Crippen MR) is 309 cm³/mol. The number of hydrogen-bond donors (Lipinski definition) is 0. The number of fused-ring (bicyclic) bond motifs is 12. The van der Waals surface area contributed by atoms with E-state index in [2.05, 4.69) is 259 Å². The van der Waals surface area contributed by atoms with Crippen LogP contribution in [0.15, 0.2) is 261 Å². The van der Waals surface area contributed by atoms with E-state index in [0.717, 1.165) is 44.3 Å². The molecule has 13 aromatic carbocycles. The second-order valence-corrected chi connectivity index (χ2v) is 19.2. The van der Waals surface area contributed by atoms with E-state index in [1.165, 1.54) is 104 Å². The molecule has 15 aromatic rings. The lowest BCUT2D eigenvalue weighted by Gasteiger charge is -2.18. The molecular formula is C70H43N3. The van der Waals surface area contributed by atoms with E-state index in [-0.39, 0.29) is 0 Å². The molecule has 0 aliphatic carbocycles.